The van der Waals surface area contributed by atoms with Gasteiger partial charge in [0.05, 0.1) is 11.9 Å². The predicted molar refractivity (Wildman–Crippen MR) is 80.3 cm³/mol. The average molecular weight is 308 g/mol. The molecule has 0 spiro atoms. The molecule has 1 fully saturated rings. The van der Waals surface area contributed by atoms with Crippen LogP contribution in [0.25, 0.3) is 0 Å². The van der Waals surface area contributed by atoms with Crippen LogP contribution in [0.2, 0.25) is 5.02 Å². The maximum atomic E-state index is 13.9. The minimum absolute atomic E-state index is 0.108. The van der Waals surface area contributed by atoms with Crippen LogP contribution in [0.15, 0.2) is 35.3 Å². The maximum Gasteiger partial charge on any atom is 0.287 e. The summed E-state index contributed by atoms with van der Waals surface area (Å²) in [6.45, 7) is 0.530. The fourth-order valence-electron chi connectivity index (χ4n) is 2.48. The maximum absolute atomic E-state index is 13.9. The summed E-state index contributed by atoms with van der Waals surface area (Å²) < 4.78 is 15.1. The molecular weight excluding hydrogens is 293 g/mol. The molecule has 1 N–H and O–H groups in total. The summed E-state index contributed by atoms with van der Waals surface area (Å²) in [5, 5.41) is 7.18. The van der Waals surface area contributed by atoms with Crippen LogP contribution < -0.4 is 10.9 Å². The van der Waals surface area contributed by atoms with Gasteiger partial charge in [-0.3, -0.25) is 4.79 Å². The van der Waals surface area contributed by atoms with Gasteiger partial charge in [0.1, 0.15) is 10.8 Å². The summed E-state index contributed by atoms with van der Waals surface area (Å²) in [6, 6.07) is 6.81. The molecule has 0 saturated heterocycles. The van der Waals surface area contributed by atoms with Gasteiger partial charge in [-0.2, -0.15) is 5.10 Å². The second-order valence-electron chi connectivity index (χ2n) is 5.41. The zero-order valence-electron chi connectivity index (χ0n) is 11.6. The van der Waals surface area contributed by atoms with Crippen LogP contribution in [0, 0.1) is 5.82 Å². The van der Waals surface area contributed by atoms with E-state index in [1.807, 2.05) is 12.1 Å². The molecule has 1 saturated carbocycles. The van der Waals surface area contributed by atoms with Crippen molar-refractivity contribution in [3.8, 4) is 0 Å². The van der Waals surface area contributed by atoms with E-state index in [0.717, 1.165) is 12.8 Å². The number of rotatable bonds is 4. The van der Waals surface area contributed by atoms with Gasteiger partial charge in [-0.15, -0.1) is 0 Å². The van der Waals surface area contributed by atoms with Gasteiger partial charge in [0.2, 0.25) is 0 Å². The molecule has 4 nitrogen and oxygen atoms in total. The lowest BCUT2D eigenvalue weighted by Gasteiger charge is -2.18. The molecular formula is C15H15ClFN3O. The Bertz CT molecular complexity index is 740. The zero-order chi connectivity index (χ0) is 15.0. The number of aromatic nitrogens is 2. The van der Waals surface area contributed by atoms with E-state index in [1.165, 1.54) is 16.9 Å². The molecule has 0 bridgehead atoms. The number of aryl methyl sites for hydroxylation is 1. The molecule has 21 heavy (non-hydrogen) atoms. The van der Waals surface area contributed by atoms with Gasteiger partial charge in [-0.05, 0) is 24.5 Å². The van der Waals surface area contributed by atoms with Gasteiger partial charge in [-0.25, -0.2) is 9.07 Å². The summed E-state index contributed by atoms with van der Waals surface area (Å²) in [6.07, 6.45) is 3.34. The largest absolute Gasteiger partial charge is 0.381 e. The van der Waals surface area contributed by atoms with Crippen molar-refractivity contribution in [2.45, 2.75) is 18.3 Å². The van der Waals surface area contributed by atoms with Crippen LogP contribution in [-0.2, 0) is 12.5 Å². The second kappa shape index (κ2) is 5.15. The van der Waals surface area contributed by atoms with Crippen molar-refractivity contribution in [2.24, 2.45) is 7.05 Å². The van der Waals surface area contributed by atoms with Crippen molar-refractivity contribution in [2.75, 3.05) is 11.9 Å². The van der Waals surface area contributed by atoms with Crippen LogP contribution in [0.1, 0.15) is 18.4 Å². The molecule has 1 aliphatic rings. The fraction of sp³-hybridized carbons (Fsp3) is 0.333. The van der Waals surface area contributed by atoms with Crippen molar-refractivity contribution in [3.05, 3.63) is 57.2 Å². The first-order valence-corrected chi connectivity index (χ1v) is 7.12. The highest BCUT2D eigenvalue weighted by molar-refractivity contribution is 6.32. The average Bonchev–Trinajstić information content (AvgIpc) is 3.25. The smallest absolute Gasteiger partial charge is 0.287 e. The van der Waals surface area contributed by atoms with Gasteiger partial charge in [0.15, 0.2) is 0 Å². The van der Waals surface area contributed by atoms with E-state index >= 15 is 0 Å². The topological polar surface area (TPSA) is 46.9 Å². The molecule has 1 heterocycles. The van der Waals surface area contributed by atoms with E-state index in [9.17, 15) is 9.18 Å². The summed E-state index contributed by atoms with van der Waals surface area (Å²) in [5.74, 6) is -0.190. The SMILES string of the molecule is Cn1ncc(NCC2(c3ccccc3F)CC2)c(Cl)c1=O. The molecule has 1 aromatic heterocycles. The Morgan fingerprint density at radius 1 is 1.43 bits per heavy atom. The normalized spacial score (nSPS) is 15.8. The summed E-state index contributed by atoms with van der Waals surface area (Å²) >= 11 is 6.02. The molecule has 0 aliphatic heterocycles. The lowest BCUT2D eigenvalue weighted by molar-refractivity contribution is 0.578. The highest BCUT2D eigenvalue weighted by atomic mass is 35.5. The van der Waals surface area contributed by atoms with Crippen molar-refractivity contribution < 1.29 is 4.39 Å². The van der Waals surface area contributed by atoms with Gasteiger partial charge in [-0.1, -0.05) is 29.8 Å². The Labute approximate surface area is 126 Å². The number of nitrogens with zero attached hydrogens (tertiary/aromatic N) is 2. The molecule has 110 valence electrons. The standard InChI is InChI=1S/C15H15ClFN3O/c1-20-14(21)13(16)12(8-19-20)18-9-15(6-7-15)10-4-2-3-5-11(10)17/h2-5,8,18H,6-7,9H2,1H3. The van der Waals surface area contributed by atoms with E-state index < -0.39 is 0 Å². The van der Waals surface area contributed by atoms with Crippen LogP contribution >= 0.6 is 11.6 Å². The van der Waals surface area contributed by atoms with Crippen LogP contribution in [0.3, 0.4) is 0 Å². The molecule has 0 unspecified atom stereocenters. The van der Waals surface area contributed by atoms with E-state index in [-0.39, 0.29) is 21.8 Å². The third kappa shape index (κ3) is 2.53. The first kappa shape index (κ1) is 14.1. The number of hydrogen-bond donors (Lipinski definition) is 1. The molecule has 3 rings (SSSR count). The highest BCUT2D eigenvalue weighted by Gasteiger charge is 2.45. The lowest BCUT2D eigenvalue weighted by Crippen LogP contribution is -2.25. The summed E-state index contributed by atoms with van der Waals surface area (Å²) in [4.78, 5) is 11.7. The van der Waals surface area contributed by atoms with Crippen molar-refractivity contribution in [3.63, 3.8) is 0 Å². The fourth-order valence-corrected chi connectivity index (χ4v) is 2.72. The molecule has 0 radical (unpaired) electrons. The highest BCUT2D eigenvalue weighted by Crippen LogP contribution is 2.49. The van der Waals surface area contributed by atoms with E-state index in [1.54, 1.807) is 13.1 Å². The Balaban J connectivity index is 1.81. The quantitative estimate of drug-likeness (QED) is 0.945. The Kier molecular flexibility index (Phi) is 3.45. The van der Waals surface area contributed by atoms with Gasteiger partial charge in [0, 0.05) is 19.0 Å². The Morgan fingerprint density at radius 2 is 2.14 bits per heavy atom. The predicted octanol–water partition coefficient (Wildman–Crippen LogP) is 2.72. The van der Waals surface area contributed by atoms with E-state index in [0.29, 0.717) is 17.8 Å². The number of benzene rings is 1. The Hall–Kier alpha value is -1.88. The summed E-state index contributed by atoms with van der Waals surface area (Å²) in [5.41, 5.74) is 0.639. The molecule has 1 aliphatic carbocycles. The molecule has 0 atom stereocenters. The summed E-state index contributed by atoms with van der Waals surface area (Å²) in [7, 11) is 1.54. The molecule has 6 heteroatoms. The van der Waals surface area contributed by atoms with Gasteiger partial charge >= 0.3 is 0 Å². The second-order valence-corrected chi connectivity index (χ2v) is 5.79. The van der Waals surface area contributed by atoms with Crippen molar-refractivity contribution >= 4 is 17.3 Å². The zero-order valence-corrected chi connectivity index (χ0v) is 12.3. The monoisotopic (exact) mass is 307 g/mol. The Morgan fingerprint density at radius 3 is 2.81 bits per heavy atom. The molecule has 2 aromatic rings. The molecule has 0 amide bonds. The van der Waals surface area contributed by atoms with Gasteiger partial charge in [0.25, 0.3) is 5.56 Å². The minimum Gasteiger partial charge on any atom is -0.381 e. The number of nitrogens with one attached hydrogen (secondary N) is 1. The van der Waals surface area contributed by atoms with Crippen molar-refractivity contribution in [1.82, 2.24) is 9.78 Å². The first-order chi connectivity index (χ1) is 10.0. The minimum atomic E-state index is -0.350. The lowest BCUT2D eigenvalue weighted by atomic mass is 9.95. The van der Waals surface area contributed by atoms with Crippen LogP contribution in [-0.4, -0.2) is 16.3 Å². The third-order valence-corrected chi connectivity index (χ3v) is 4.36. The first-order valence-electron chi connectivity index (χ1n) is 6.74. The third-order valence-electron chi connectivity index (χ3n) is 3.99. The number of hydrogen-bond acceptors (Lipinski definition) is 3. The van der Waals surface area contributed by atoms with Crippen molar-refractivity contribution in [1.29, 1.82) is 0 Å². The van der Waals surface area contributed by atoms with E-state index in [4.69, 9.17) is 11.6 Å². The van der Waals surface area contributed by atoms with E-state index in [2.05, 4.69) is 10.4 Å². The number of halogens is 2. The van der Waals surface area contributed by atoms with Gasteiger partial charge < -0.3 is 5.32 Å². The molecule has 1 aromatic carbocycles. The van der Waals surface area contributed by atoms with Crippen LogP contribution in [0.4, 0.5) is 10.1 Å². The van der Waals surface area contributed by atoms with Crippen LogP contribution in [0.5, 0.6) is 0 Å². The number of anilines is 1.